The molecular weight excluding hydrogens is 699 g/mol. The van der Waals surface area contributed by atoms with E-state index in [1.807, 2.05) is 13.8 Å². The Morgan fingerprint density at radius 1 is 0.520 bits per heavy atom. The van der Waals surface area contributed by atoms with Crippen LogP contribution in [0, 0.1) is 0 Å². The predicted molar refractivity (Wildman–Crippen MR) is 171 cm³/mol. The Hall–Kier alpha value is -0.370. The Morgan fingerprint density at radius 2 is 0.980 bits per heavy atom. The normalized spacial score (nSPS) is 39.1. The van der Waals surface area contributed by atoms with E-state index in [0.717, 1.165) is 7.11 Å². The maximum atomic E-state index is 10.5. The lowest BCUT2D eigenvalue weighted by molar-refractivity contribution is -0.402. The van der Waals surface area contributed by atoms with Crippen LogP contribution in [0.4, 0.5) is 0 Å². The van der Waals surface area contributed by atoms with Crippen LogP contribution in [-0.2, 0) is 37.7 Å². The van der Waals surface area contributed by atoms with E-state index < -0.39 is 108 Å². The van der Waals surface area contributed by atoms with Crippen LogP contribution in [0.15, 0.2) is 0 Å². The molecule has 300 valence electrons. The van der Waals surface area contributed by atoms with Crippen molar-refractivity contribution in [2.24, 2.45) is 0 Å². The van der Waals surface area contributed by atoms with E-state index in [-0.39, 0.29) is 26.4 Å². The van der Waals surface area contributed by atoms with E-state index in [4.69, 9.17) is 52.8 Å². The van der Waals surface area contributed by atoms with Crippen molar-refractivity contribution in [1.29, 1.82) is 0 Å². The van der Waals surface area contributed by atoms with Gasteiger partial charge in [0.15, 0.2) is 34.2 Å². The number of unbranched alkanes of at least 4 members (excludes halogenated alkanes) is 3. The number of rotatable bonds is 19. The Morgan fingerprint density at radius 3 is 1.56 bits per heavy atom. The molecule has 20 nitrogen and oxygen atoms in total. The van der Waals surface area contributed by atoms with Crippen LogP contribution in [0.1, 0.15) is 46.0 Å². The summed E-state index contributed by atoms with van der Waals surface area (Å²) < 4.78 is 43.4. The van der Waals surface area contributed by atoms with Gasteiger partial charge in [-0.2, -0.15) is 0 Å². The van der Waals surface area contributed by atoms with Crippen molar-refractivity contribution in [3.05, 3.63) is 0 Å². The highest BCUT2D eigenvalue weighted by Crippen LogP contribution is 2.30. The minimum atomic E-state index is -1.90. The minimum absolute atomic E-state index is 0.153. The second kappa shape index (κ2) is 26.4. The SMILES string of the molecule is CC.CO.OPOCCCCOCC1OC(OC2OC(OCC3OC(OCCCCC[OH2+])C(O)C(O)C3O)C(O)C(O)C2O)C(O)C(O)C1O. The number of aliphatic hydroxyl groups excluding tert-OH is 10. The van der Waals surface area contributed by atoms with E-state index in [1.165, 1.54) is 0 Å². The largest absolute Gasteiger partial charge is 0.445 e. The summed E-state index contributed by atoms with van der Waals surface area (Å²) in [7, 11) is 0.386. The number of hydrogen-bond donors (Lipinski definition) is 11. The maximum absolute atomic E-state index is 10.5. The molecule has 16 atom stereocenters. The zero-order chi connectivity index (χ0) is 37.8. The topological polar surface area (TPSA) is 319 Å². The number of hydrogen-bond acceptors (Lipinski definition) is 19. The van der Waals surface area contributed by atoms with Crippen LogP contribution in [0.25, 0.3) is 0 Å². The maximum Gasteiger partial charge on any atom is 0.192 e. The summed E-state index contributed by atoms with van der Waals surface area (Å²) in [5.74, 6) is 0. The highest BCUT2D eigenvalue weighted by atomic mass is 31.1. The minimum Gasteiger partial charge on any atom is -0.445 e. The van der Waals surface area contributed by atoms with Crippen molar-refractivity contribution in [2.75, 3.05) is 46.8 Å². The van der Waals surface area contributed by atoms with Crippen LogP contribution >= 0.6 is 9.03 Å². The zero-order valence-electron chi connectivity index (χ0n) is 28.6. The molecule has 3 aliphatic rings. The molecule has 3 saturated heterocycles. The summed E-state index contributed by atoms with van der Waals surface area (Å²) in [6.07, 6.45) is -21.6. The Balaban J connectivity index is 0.00000301. The third-order valence-electron chi connectivity index (χ3n) is 7.79. The molecule has 0 aromatic heterocycles. The molecule has 0 spiro atoms. The van der Waals surface area contributed by atoms with Gasteiger partial charge in [-0.1, -0.05) is 13.8 Å². The van der Waals surface area contributed by atoms with Crippen LogP contribution in [0.3, 0.4) is 0 Å². The summed E-state index contributed by atoms with van der Waals surface area (Å²) in [4.78, 5) is 8.65. The molecule has 3 aliphatic heterocycles. The lowest BCUT2D eigenvalue weighted by Crippen LogP contribution is -2.64. The lowest BCUT2D eigenvalue weighted by Gasteiger charge is -2.45. The molecule has 16 unspecified atom stereocenters. The first-order valence-electron chi connectivity index (χ1n) is 16.7. The van der Waals surface area contributed by atoms with Crippen molar-refractivity contribution >= 4 is 9.03 Å². The van der Waals surface area contributed by atoms with E-state index in [9.17, 15) is 46.0 Å². The van der Waals surface area contributed by atoms with Gasteiger partial charge in [-0.3, -0.25) is 0 Å². The highest BCUT2D eigenvalue weighted by molar-refractivity contribution is 7.24. The van der Waals surface area contributed by atoms with E-state index in [1.54, 1.807) is 0 Å². The Bertz CT molecular complexity index is 838. The van der Waals surface area contributed by atoms with Crippen molar-refractivity contribution < 1.29 is 98.7 Å². The molecule has 0 bridgehead atoms. The van der Waals surface area contributed by atoms with Crippen molar-refractivity contribution in [2.45, 2.75) is 138 Å². The van der Waals surface area contributed by atoms with Crippen LogP contribution < -0.4 is 0 Å². The van der Waals surface area contributed by atoms with E-state index >= 15 is 0 Å². The lowest BCUT2D eigenvalue weighted by atomic mass is 9.99. The molecule has 3 rings (SSSR count). The molecule has 3 fully saturated rings. The molecular formula is C29H60O20P+. The molecule has 50 heavy (non-hydrogen) atoms. The fourth-order valence-electron chi connectivity index (χ4n) is 4.97. The number of aliphatic hydroxyl groups is 10. The fraction of sp³-hybridized carbons (Fsp3) is 1.00. The van der Waals surface area contributed by atoms with Crippen LogP contribution in [0.5, 0.6) is 0 Å². The standard InChI is InChI=1S/C26H49O19P.C2H6.CH4O/c27-6-2-1-3-8-39-23-19(33)16(30)15(29)13(42-23)11-40-24-20(34)18(32)22(36)26(44-24)45-25-21(35)17(31)14(28)12(43-25)10-38-7-4-5-9-41-46-37;2*1-2/h12-37,46H,1-11H2;1-2H3;2H,1H3/p+1. The fourth-order valence-corrected chi connectivity index (χ4v) is 5.21. The first-order valence-corrected chi connectivity index (χ1v) is 17.5. The molecule has 13 N–H and O–H groups in total. The van der Waals surface area contributed by atoms with Gasteiger partial charge in [0.2, 0.25) is 0 Å². The van der Waals surface area contributed by atoms with Gasteiger partial charge in [-0.25, -0.2) is 0 Å². The molecule has 3 heterocycles. The quantitative estimate of drug-likeness (QED) is 0.0335. The molecule has 0 saturated carbocycles. The van der Waals surface area contributed by atoms with Gasteiger partial charge < -0.3 is 98.7 Å². The predicted octanol–water partition coefficient (Wildman–Crippen LogP) is -4.74. The van der Waals surface area contributed by atoms with Crippen molar-refractivity contribution in [3.63, 3.8) is 0 Å². The molecule has 0 amide bonds. The van der Waals surface area contributed by atoms with Gasteiger partial charge in [0.05, 0.1) is 19.8 Å². The molecule has 0 aliphatic carbocycles. The monoisotopic (exact) mass is 759 g/mol. The summed E-state index contributed by atoms with van der Waals surface area (Å²) >= 11 is 0. The molecule has 0 aromatic rings. The highest BCUT2D eigenvalue weighted by Gasteiger charge is 2.51. The van der Waals surface area contributed by atoms with Gasteiger partial charge in [-0.15, -0.1) is 0 Å². The number of ether oxygens (including phenoxy) is 7. The average Bonchev–Trinajstić information content (AvgIpc) is 3.13. The zero-order valence-corrected chi connectivity index (χ0v) is 29.6. The molecule has 21 heteroatoms. The smallest absolute Gasteiger partial charge is 0.192 e. The van der Waals surface area contributed by atoms with Gasteiger partial charge in [0.25, 0.3) is 0 Å². The average molecular weight is 760 g/mol. The van der Waals surface area contributed by atoms with Gasteiger partial charge in [0.1, 0.15) is 73.8 Å². The first-order chi connectivity index (χ1) is 24.0. The van der Waals surface area contributed by atoms with Gasteiger partial charge in [0, 0.05) is 26.7 Å². The summed E-state index contributed by atoms with van der Waals surface area (Å²) in [5, 5.41) is 108. The van der Waals surface area contributed by atoms with Gasteiger partial charge >= 0.3 is 0 Å². The first kappa shape index (κ1) is 47.7. The molecule has 0 radical (unpaired) electrons. The Kier molecular flexibility index (Phi) is 25.2. The van der Waals surface area contributed by atoms with Crippen molar-refractivity contribution in [1.82, 2.24) is 0 Å². The summed E-state index contributed by atoms with van der Waals surface area (Å²) in [6, 6.07) is 0. The molecule has 0 aromatic carbocycles. The van der Waals surface area contributed by atoms with E-state index in [2.05, 4.69) is 0 Å². The third kappa shape index (κ3) is 14.5. The van der Waals surface area contributed by atoms with Gasteiger partial charge in [-0.05, 0) is 25.7 Å². The summed E-state index contributed by atoms with van der Waals surface area (Å²) in [6.45, 7) is 4.21. The second-order valence-corrected chi connectivity index (χ2v) is 11.7. The second-order valence-electron chi connectivity index (χ2n) is 11.2. The van der Waals surface area contributed by atoms with Crippen LogP contribution in [-0.4, -0.2) is 200 Å². The summed E-state index contributed by atoms with van der Waals surface area (Å²) in [5.41, 5.74) is 0. The van der Waals surface area contributed by atoms with Crippen molar-refractivity contribution in [3.8, 4) is 0 Å². The Labute approximate surface area is 292 Å². The van der Waals surface area contributed by atoms with E-state index in [0.29, 0.717) is 38.7 Å². The third-order valence-corrected chi connectivity index (χ3v) is 8.12. The van der Waals surface area contributed by atoms with Crippen LogP contribution in [0.2, 0.25) is 0 Å².